The average molecular weight is 536 g/mol. The van der Waals surface area contributed by atoms with Crippen LogP contribution >= 0.6 is 0 Å². The van der Waals surface area contributed by atoms with Crippen LogP contribution in [0.15, 0.2) is 33.5 Å². The first-order chi connectivity index (χ1) is 18.2. The quantitative estimate of drug-likeness (QED) is 0.266. The molecule has 1 aromatic heterocycles. The minimum Gasteiger partial charge on any atom is -0.504 e. The molecule has 1 aliphatic rings. The second kappa shape index (κ2) is 10.9. The Morgan fingerprint density at radius 2 is 1.53 bits per heavy atom. The SMILES string of the molecule is COc1cc(-c2oc3cc(OC)c(OC)c(O)c3c(=O)c2OC)ccc1O[C@H]1O[C@H](CO)[C@H](O)[C@@H](O)[C@@H]1O. The molecule has 0 amide bonds. The normalized spacial score (nSPS) is 23.2. The largest absolute Gasteiger partial charge is 0.504 e. The lowest BCUT2D eigenvalue weighted by atomic mass is 9.99. The lowest BCUT2D eigenvalue weighted by molar-refractivity contribution is -0.277. The Kier molecular flexibility index (Phi) is 7.85. The number of aliphatic hydroxyl groups excluding tert-OH is 4. The van der Waals surface area contributed by atoms with E-state index in [-0.39, 0.29) is 45.5 Å². The van der Waals surface area contributed by atoms with Crippen molar-refractivity contribution in [3.8, 4) is 45.8 Å². The number of methoxy groups -OCH3 is 4. The molecule has 3 aromatic rings. The highest BCUT2D eigenvalue weighted by atomic mass is 16.7. The van der Waals surface area contributed by atoms with Gasteiger partial charge in [0.1, 0.15) is 35.4 Å². The molecule has 1 aliphatic heterocycles. The summed E-state index contributed by atoms with van der Waals surface area (Å²) < 4.78 is 38.2. The fourth-order valence-electron chi connectivity index (χ4n) is 4.20. The van der Waals surface area contributed by atoms with E-state index in [0.717, 1.165) is 0 Å². The number of aliphatic hydroxyl groups is 4. The zero-order valence-corrected chi connectivity index (χ0v) is 20.9. The lowest BCUT2D eigenvalue weighted by Gasteiger charge is -2.39. The minimum atomic E-state index is -1.63. The molecule has 13 heteroatoms. The first-order valence-corrected chi connectivity index (χ1v) is 11.3. The fraction of sp³-hybridized carbons (Fsp3) is 0.400. The summed E-state index contributed by atoms with van der Waals surface area (Å²) in [5, 5.41) is 50.2. The van der Waals surface area contributed by atoms with Gasteiger partial charge in [-0.2, -0.15) is 0 Å². The Bertz CT molecular complexity index is 1370. The van der Waals surface area contributed by atoms with Gasteiger partial charge in [0.2, 0.25) is 23.2 Å². The Labute approximate surface area is 215 Å². The predicted molar refractivity (Wildman–Crippen MR) is 130 cm³/mol. The van der Waals surface area contributed by atoms with Crippen LogP contribution in [0.1, 0.15) is 0 Å². The van der Waals surface area contributed by atoms with Crippen molar-refractivity contribution in [3.63, 3.8) is 0 Å². The maximum Gasteiger partial charge on any atom is 0.239 e. The standard InChI is InChI=1S/C25H28O13/c1-32-12-7-10(5-6-11(12)37-25-21(31)20(30)17(27)15(9-26)38-25)22-24(35-4)19(29)16-13(36-22)8-14(33-2)23(34-3)18(16)28/h5-8,15,17,20-21,25-28,30-31H,9H2,1-4H3/t15-,17+,20-,21+,25+/m1/s1. The van der Waals surface area contributed by atoms with Crippen LogP contribution in [0.3, 0.4) is 0 Å². The van der Waals surface area contributed by atoms with Crippen molar-refractivity contribution in [1.82, 2.24) is 0 Å². The van der Waals surface area contributed by atoms with E-state index in [9.17, 15) is 30.3 Å². The molecule has 5 atom stereocenters. The van der Waals surface area contributed by atoms with Gasteiger partial charge in [0.15, 0.2) is 28.8 Å². The van der Waals surface area contributed by atoms with Gasteiger partial charge >= 0.3 is 0 Å². The molecule has 1 fully saturated rings. The van der Waals surface area contributed by atoms with Gasteiger partial charge in [0, 0.05) is 11.6 Å². The van der Waals surface area contributed by atoms with Gasteiger partial charge < -0.3 is 58.4 Å². The van der Waals surface area contributed by atoms with E-state index in [0.29, 0.717) is 5.56 Å². The predicted octanol–water partition coefficient (Wildman–Crippen LogP) is 0.379. The van der Waals surface area contributed by atoms with Crippen LogP contribution in [-0.4, -0.2) is 91.3 Å². The smallest absolute Gasteiger partial charge is 0.239 e. The van der Waals surface area contributed by atoms with E-state index in [2.05, 4.69) is 0 Å². The Morgan fingerprint density at radius 1 is 0.842 bits per heavy atom. The third-order valence-electron chi connectivity index (χ3n) is 6.18. The van der Waals surface area contributed by atoms with Gasteiger partial charge in [0.05, 0.1) is 35.0 Å². The van der Waals surface area contributed by atoms with E-state index in [4.69, 9.17) is 32.8 Å². The molecular weight excluding hydrogens is 508 g/mol. The number of aromatic hydroxyl groups is 1. The number of ether oxygens (including phenoxy) is 6. The molecule has 4 rings (SSSR count). The first-order valence-electron chi connectivity index (χ1n) is 11.3. The van der Waals surface area contributed by atoms with Crippen molar-refractivity contribution in [2.75, 3.05) is 35.0 Å². The van der Waals surface area contributed by atoms with Crippen LogP contribution in [0, 0.1) is 0 Å². The van der Waals surface area contributed by atoms with Crippen molar-refractivity contribution in [2.24, 2.45) is 0 Å². The summed E-state index contributed by atoms with van der Waals surface area (Å²) >= 11 is 0. The molecule has 13 nitrogen and oxygen atoms in total. The van der Waals surface area contributed by atoms with Gasteiger partial charge in [-0.05, 0) is 18.2 Å². The van der Waals surface area contributed by atoms with E-state index in [1.807, 2.05) is 0 Å². The first kappa shape index (κ1) is 27.3. The Balaban J connectivity index is 1.78. The van der Waals surface area contributed by atoms with Gasteiger partial charge in [-0.1, -0.05) is 0 Å². The van der Waals surface area contributed by atoms with E-state index < -0.39 is 48.5 Å². The zero-order valence-electron chi connectivity index (χ0n) is 20.9. The van der Waals surface area contributed by atoms with Crippen LogP contribution in [0.4, 0.5) is 0 Å². The number of hydrogen-bond donors (Lipinski definition) is 5. The van der Waals surface area contributed by atoms with Gasteiger partial charge in [-0.3, -0.25) is 4.79 Å². The second-order valence-electron chi connectivity index (χ2n) is 8.31. The highest BCUT2D eigenvalue weighted by Gasteiger charge is 2.45. The van der Waals surface area contributed by atoms with Crippen molar-refractivity contribution >= 4 is 11.0 Å². The molecule has 38 heavy (non-hydrogen) atoms. The highest BCUT2D eigenvalue weighted by Crippen LogP contribution is 2.44. The molecule has 2 heterocycles. The molecule has 0 saturated carbocycles. The third kappa shape index (κ3) is 4.54. The van der Waals surface area contributed by atoms with Crippen LogP contribution in [-0.2, 0) is 4.74 Å². The summed E-state index contributed by atoms with van der Waals surface area (Å²) in [5.74, 6) is -0.373. The molecule has 0 unspecified atom stereocenters. The molecule has 1 saturated heterocycles. The number of phenols is 1. The maximum atomic E-state index is 13.3. The minimum absolute atomic E-state index is 0.00145. The van der Waals surface area contributed by atoms with Crippen LogP contribution in [0.5, 0.6) is 34.5 Å². The van der Waals surface area contributed by atoms with Gasteiger partial charge in [-0.15, -0.1) is 0 Å². The number of fused-ring (bicyclic) bond motifs is 1. The number of rotatable bonds is 8. The lowest BCUT2D eigenvalue weighted by Crippen LogP contribution is -2.60. The molecule has 0 bridgehead atoms. The van der Waals surface area contributed by atoms with Crippen molar-refractivity contribution in [2.45, 2.75) is 30.7 Å². The zero-order chi connectivity index (χ0) is 27.7. The van der Waals surface area contributed by atoms with E-state index in [1.54, 1.807) is 0 Å². The molecular formula is C25H28O13. The average Bonchev–Trinajstić information content (AvgIpc) is 2.92. The molecule has 2 aromatic carbocycles. The summed E-state index contributed by atoms with van der Waals surface area (Å²) in [7, 11) is 5.30. The molecule has 5 N–H and O–H groups in total. The Morgan fingerprint density at radius 3 is 2.13 bits per heavy atom. The Hall–Kier alpha value is -3.75. The van der Waals surface area contributed by atoms with Crippen LogP contribution < -0.4 is 29.1 Å². The van der Waals surface area contributed by atoms with Gasteiger partial charge in [0.25, 0.3) is 0 Å². The van der Waals surface area contributed by atoms with Crippen molar-refractivity contribution in [1.29, 1.82) is 0 Å². The van der Waals surface area contributed by atoms with Crippen LogP contribution in [0.2, 0.25) is 0 Å². The number of phenolic OH excluding ortho intramolecular Hbond substituents is 1. The summed E-state index contributed by atoms with van der Waals surface area (Å²) in [6, 6.07) is 5.80. The van der Waals surface area contributed by atoms with E-state index >= 15 is 0 Å². The highest BCUT2D eigenvalue weighted by molar-refractivity contribution is 5.91. The third-order valence-corrected chi connectivity index (χ3v) is 6.18. The van der Waals surface area contributed by atoms with E-state index in [1.165, 1.54) is 52.7 Å². The van der Waals surface area contributed by atoms with Crippen LogP contribution in [0.25, 0.3) is 22.3 Å². The maximum absolute atomic E-state index is 13.3. The summed E-state index contributed by atoms with van der Waals surface area (Å²) in [6.45, 7) is -0.617. The van der Waals surface area contributed by atoms with Gasteiger partial charge in [-0.25, -0.2) is 0 Å². The number of benzene rings is 2. The second-order valence-corrected chi connectivity index (χ2v) is 8.31. The molecule has 0 spiro atoms. The molecule has 206 valence electrons. The monoisotopic (exact) mass is 536 g/mol. The summed E-state index contributed by atoms with van der Waals surface area (Å²) in [4.78, 5) is 13.3. The molecule has 0 radical (unpaired) electrons. The summed E-state index contributed by atoms with van der Waals surface area (Å²) in [6.07, 6.45) is -7.40. The summed E-state index contributed by atoms with van der Waals surface area (Å²) in [5.41, 5.74) is -0.336. The van der Waals surface area contributed by atoms with Crippen molar-refractivity contribution < 1.29 is 58.4 Å². The fourth-order valence-corrected chi connectivity index (χ4v) is 4.20. The number of hydrogen-bond acceptors (Lipinski definition) is 13. The van der Waals surface area contributed by atoms with Crippen molar-refractivity contribution in [3.05, 3.63) is 34.5 Å². The topological polar surface area (TPSA) is 187 Å². The molecule has 0 aliphatic carbocycles.